The summed E-state index contributed by atoms with van der Waals surface area (Å²) in [5.41, 5.74) is 3.10. The summed E-state index contributed by atoms with van der Waals surface area (Å²) in [7, 11) is 0. The molecule has 21 heavy (non-hydrogen) atoms. The van der Waals surface area contributed by atoms with Gasteiger partial charge in [-0.1, -0.05) is 50.5 Å². The van der Waals surface area contributed by atoms with Crippen LogP contribution in [0.4, 0.5) is 0 Å². The van der Waals surface area contributed by atoms with Gasteiger partial charge in [0.05, 0.1) is 6.10 Å². The van der Waals surface area contributed by atoms with Crippen LogP contribution < -0.4 is 0 Å². The second kappa shape index (κ2) is 5.43. The molecule has 1 N–H and O–H groups in total. The van der Waals surface area contributed by atoms with E-state index in [-0.39, 0.29) is 6.10 Å². The van der Waals surface area contributed by atoms with Crippen LogP contribution in [-0.2, 0) is 6.42 Å². The molecule has 1 nitrogen and oxygen atoms in total. The lowest BCUT2D eigenvalue weighted by molar-refractivity contribution is 0.0458. The maximum atomic E-state index is 11.0. The number of aliphatic hydroxyl groups is 1. The van der Waals surface area contributed by atoms with E-state index in [1.165, 1.54) is 44.9 Å². The van der Waals surface area contributed by atoms with Gasteiger partial charge in [0.25, 0.3) is 0 Å². The lowest BCUT2D eigenvalue weighted by Gasteiger charge is -2.32. The van der Waals surface area contributed by atoms with Crippen molar-refractivity contribution in [2.45, 2.75) is 63.9 Å². The Labute approximate surface area is 128 Å². The third-order valence-electron chi connectivity index (χ3n) is 6.67. The van der Waals surface area contributed by atoms with Crippen molar-refractivity contribution in [3.8, 4) is 0 Å². The highest BCUT2D eigenvalue weighted by molar-refractivity contribution is 5.39. The summed E-state index contributed by atoms with van der Waals surface area (Å²) in [6.07, 6.45) is 9.03. The van der Waals surface area contributed by atoms with Gasteiger partial charge in [0.1, 0.15) is 0 Å². The first kappa shape index (κ1) is 13.8. The number of benzene rings is 1. The van der Waals surface area contributed by atoms with Gasteiger partial charge in [0.15, 0.2) is 0 Å². The van der Waals surface area contributed by atoms with Crippen molar-refractivity contribution < 1.29 is 5.11 Å². The second-order valence-electron chi connectivity index (χ2n) is 7.70. The van der Waals surface area contributed by atoms with Gasteiger partial charge < -0.3 is 5.11 Å². The summed E-state index contributed by atoms with van der Waals surface area (Å²) >= 11 is 0. The molecule has 0 amide bonds. The molecule has 0 spiro atoms. The Balaban J connectivity index is 1.49. The summed E-state index contributed by atoms with van der Waals surface area (Å²) in [5.74, 6) is 3.45. The van der Waals surface area contributed by atoms with E-state index in [0.717, 1.165) is 11.8 Å². The Morgan fingerprint density at radius 3 is 2.90 bits per heavy atom. The molecule has 2 saturated carbocycles. The standard InChI is InChI=1S/C20H28O/c1-2-13-6-5-8-15(12-13)20(21)19-17-11-10-14-7-3-4-9-16(14)18(17)19/h3-4,7,9,13,15,17-21H,2,5-6,8,10-12H2,1H3. The average Bonchev–Trinajstić information content (AvgIpc) is 3.29. The number of aliphatic hydroxyl groups excluding tert-OH is 1. The zero-order chi connectivity index (χ0) is 14.4. The van der Waals surface area contributed by atoms with Gasteiger partial charge in [0.2, 0.25) is 0 Å². The molecule has 3 aliphatic rings. The zero-order valence-corrected chi connectivity index (χ0v) is 13.2. The summed E-state index contributed by atoms with van der Waals surface area (Å²) in [6, 6.07) is 8.95. The Morgan fingerprint density at radius 2 is 2.05 bits per heavy atom. The lowest BCUT2D eigenvalue weighted by Crippen LogP contribution is -2.29. The van der Waals surface area contributed by atoms with Crippen LogP contribution in [0.1, 0.15) is 62.5 Å². The van der Waals surface area contributed by atoms with Gasteiger partial charge >= 0.3 is 0 Å². The first-order valence-corrected chi connectivity index (χ1v) is 9.05. The van der Waals surface area contributed by atoms with E-state index in [4.69, 9.17) is 0 Å². The lowest BCUT2D eigenvalue weighted by atomic mass is 9.76. The molecule has 1 aromatic carbocycles. The molecular weight excluding hydrogens is 256 g/mol. The molecule has 0 bridgehead atoms. The molecule has 6 unspecified atom stereocenters. The average molecular weight is 284 g/mol. The van der Waals surface area contributed by atoms with E-state index in [1.807, 2.05) is 0 Å². The Hall–Kier alpha value is -0.820. The van der Waals surface area contributed by atoms with Crippen LogP contribution >= 0.6 is 0 Å². The Bertz CT molecular complexity index is 508. The highest BCUT2D eigenvalue weighted by atomic mass is 16.3. The fourth-order valence-electron chi connectivity index (χ4n) is 5.41. The number of fused-ring (bicyclic) bond motifs is 3. The first-order valence-electron chi connectivity index (χ1n) is 9.05. The van der Waals surface area contributed by atoms with Gasteiger partial charge in [-0.2, -0.15) is 0 Å². The van der Waals surface area contributed by atoms with E-state index < -0.39 is 0 Å². The van der Waals surface area contributed by atoms with Gasteiger partial charge in [-0.15, -0.1) is 0 Å². The van der Waals surface area contributed by atoms with Crippen molar-refractivity contribution >= 4 is 0 Å². The van der Waals surface area contributed by atoms with Crippen molar-refractivity contribution in [2.24, 2.45) is 23.7 Å². The van der Waals surface area contributed by atoms with Crippen molar-refractivity contribution in [1.82, 2.24) is 0 Å². The predicted molar refractivity (Wildman–Crippen MR) is 86.2 cm³/mol. The summed E-state index contributed by atoms with van der Waals surface area (Å²) in [4.78, 5) is 0. The van der Waals surface area contributed by atoms with E-state index in [2.05, 4.69) is 31.2 Å². The third kappa shape index (κ3) is 2.34. The van der Waals surface area contributed by atoms with Crippen LogP contribution in [0.15, 0.2) is 24.3 Å². The Morgan fingerprint density at radius 1 is 1.19 bits per heavy atom. The SMILES string of the molecule is CCC1CCCC(C(O)C2C3CCc4ccccc4C32)C1. The van der Waals surface area contributed by atoms with Gasteiger partial charge in [0, 0.05) is 0 Å². The topological polar surface area (TPSA) is 20.2 Å². The van der Waals surface area contributed by atoms with Crippen LogP contribution in [-0.4, -0.2) is 11.2 Å². The smallest absolute Gasteiger partial charge is 0.0605 e. The molecule has 114 valence electrons. The molecule has 2 fully saturated rings. The number of hydrogen-bond acceptors (Lipinski definition) is 1. The minimum absolute atomic E-state index is 0.0412. The summed E-state index contributed by atoms with van der Waals surface area (Å²) in [6.45, 7) is 2.31. The van der Waals surface area contributed by atoms with E-state index in [9.17, 15) is 5.11 Å². The molecule has 0 radical (unpaired) electrons. The monoisotopic (exact) mass is 284 g/mol. The molecule has 0 saturated heterocycles. The summed E-state index contributed by atoms with van der Waals surface area (Å²) < 4.78 is 0. The fourth-order valence-corrected chi connectivity index (χ4v) is 5.41. The number of rotatable bonds is 3. The molecule has 4 rings (SSSR count). The zero-order valence-electron chi connectivity index (χ0n) is 13.2. The minimum Gasteiger partial charge on any atom is -0.393 e. The van der Waals surface area contributed by atoms with E-state index in [1.54, 1.807) is 11.1 Å². The first-order chi connectivity index (χ1) is 10.3. The highest BCUT2D eigenvalue weighted by Crippen LogP contribution is 2.62. The van der Waals surface area contributed by atoms with E-state index in [0.29, 0.717) is 17.8 Å². The molecule has 6 atom stereocenters. The molecule has 1 heteroatoms. The van der Waals surface area contributed by atoms with Crippen molar-refractivity contribution in [3.05, 3.63) is 35.4 Å². The molecule has 0 heterocycles. The molecule has 0 aromatic heterocycles. The normalized spacial score (nSPS) is 39.2. The van der Waals surface area contributed by atoms with E-state index >= 15 is 0 Å². The van der Waals surface area contributed by atoms with Crippen LogP contribution in [0.25, 0.3) is 0 Å². The van der Waals surface area contributed by atoms with Crippen molar-refractivity contribution in [1.29, 1.82) is 0 Å². The molecule has 3 aliphatic carbocycles. The minimum atomic E-state index is -0.0412. The molecular formula is C20H28O. The van der Waals surface area contributed by atoms with Crippen LogP contribution in [0.5, 0.6) is 0 Å². The number of hydrogen-bond donors (Lipinski definition) is 1. The largest absolute Gasteiger partial charge is 0.393 e. The predicted octanol–water partition coefficient (Wildman–Crippen LogP) is 4.54. The maximum Gasteiger partial charge on any atom is 0.0605 e. The maximum absolute atomic E-state index is 11.0. The second-order valence-corrected chi connectivity index (χ2v) is 7.70. The van der Waals surface area contributed by atoms with Crippen molar-refractivity contribution in [2.75, 3.05) is 0 Å². The highest BCUT2D eigenvalue weighted by Gasteiger charge is 2.57. The van der Waals surface area contributed by atoms with Crippen LogP contribution in [0.2, 0.25) is 0 Å². The van der Waals surface area contributed by atoms with Crippen molar-refractivity contribution in [3.63, 3.8) is 0 Å². The molecule has 0 aliphatic heterocycles. The van der Waals surface area contributed by atoms with Crippen LogP contribution in [0, 0.1) is 23.7 Å². The molecule has 1 aromatic rings. The quantitative estimate of drug-likeness (QED) is 0.864. The third-order valence-corrected chi connectivity index (χ3v) is 6.67. The van der Waals surface area contributed by atoms with Gasteiger partial charge in [-0.25, -0.2) is 0 Å². The van der Waals surface area contributed by atoms with Gasteiger partial charge in [-0.05, 0) is 66.4 Å². The fraction of sp³-hybridized carbons (Fsp3) is 0.700. The Kier molecular flexibility index (Phi) is 3.57. The van der Waals surface area contributed by atoms with Gasteiger partial charge in [-0.3, -0.25) is 0 Å². The summed E-state index contributed by atoms with van der Waals surface area (Å²) in [5, 5.41) is 11.0. The number of aryl methyl sites for hydroxylation is 1. The van der Waals surface area contributed by atoms with Crippen LogP contribution in [0.3, 0.4) is 0 Å².